The number of carbonyl (C=O) groups excluding carboxylic acids is 1. The van der Waals surface area contributed by atoms with Crippen molar-refractivity contribution in [3.05, 3.63) is 16.1 Å². The summed E-state index contributed by atoms with van der Waals surface area (Å²) in [5.41, 5.74) is 1.08. The van der Waals surface area contributed by atoms with Crippen molar-refractivity contribution in [3.8, 4) is 0 Å². The Morgan fingerprint density at radius 1 is 1.31 bits per heavy atom. The van der Waals surface area contributed by atoms with Crippen LogP contribution in [-0.2, 0) is 21.5 Å². The number of nitrogens with one attached hydrogen (secondary N) is 1. The number of piperazine rings is 1. The van der Waals surface area contributed by atoms with E-state index in [1.54, 1.807) is 11.3 Å². The predicted octanol–water partition coefficient (Wildman–Crippen LogP) is 2.85. The van der Waals surface area contributed by atoms with Crippen LogP contribution in [0, 0.1) is 0 Å². The third-order valence-electron chi connectivity index (χ3n) is 5.02. The normalized spacial score (nSPS) is 20.6. The van der Waals surface area contributed by atoms with Gasteiger partial charge in [-0.3, -0.25) is 4.79 Å². The monoisotopic (exact) mass is 535 g/mol. The molecule has 3 rings (SSSR count). The number of carbonyl (C=O) groups is 1. The van der Waals surface area contributed by atoms with E-state index in [-0.39, 0.29) is 41.4 Å². The fraction of sp³-hybridized carbons (Fsp3) is 0.750. The molecule has 0 aliphatic carbocycles. The molecule has 2 aliphatic rings. The average molecular weight is 535 g/mol. The highest BCUT2D eigenvalue weighted by atomic mass is 127. The number of hydrogen-bond acceptors (Lipinski definition) is 5. The van der Waals surface area contributed by atoms with Gasteiger partial charge in [-0.15, -0.1) is 35.3 Å². The molecule has 0 spiro atoms. The van der Waals surface area contributed by atoms with Crippen molar-refractivity contribution >= 4 is 47.2 Å². The number of aromatic nitrogens is 1. The minimum Gasteiger partial charge on any atom is -0.368 e. The lowest BCUT2D eigenvalue weighted by Crippen LogP contribution is -2.55. The van der Waals surface area contributed by atoms with E-state index < -0.39 is 0 Å². The Balaban J connectivity index is 0.00000300. The van der Waals surface area contributed by atoms with Gasteiger partial charge >= 0.3 is 0 Å². The molecule has 1 amide bonds. The van der Waals surface area contributed by atoms with Gasteiger partial charge in [-0.05, 0) is 19.8 Å². The molecular formula is C20H34IN5O2S. The van der Waals surface area contributed by atoms with Crippen molar-refractivity contribution < 1.29 is 9.53 Å². The summed E-state index contributed by atoms with van der Waals surface area (Å²) in [7, 11) is 0. The maximum absolute atomic E-state index is 12.5. The molecule has 2 saturated heterocycles. The summed E-state index contributed by atoms with van der Waals surface area (Å²) in [6.45, 7) is 13.7. The summed E-state index contributed by atoms with van der Waals surface area (Å²) in [6.07, 6.45) is 1.62. The van der Waals surface area contributed by atoms with Crippen LogP contribution in [-0.4, -0.2) is 72.1 Å². The van der Waals surface area contributed by atoms with Crippen molar-refractivity contribution in [1.82, 2.24) is 20.1 Å². The van der Waals surface area contributed by atoms with E-state index in [1.807, 2.05) is 4.90 Å². The van der Waals surface area contributed by atoms with E-state index >= 15 is 0 Å². The Hall–Kier alpha value is -0.940. The molecule has 1 aromatic heterocycles. The van der Waals surface area contributed by atoms with E-state index in [9.17, 15) is 4.79 Å². The first-order chi connectivity index (χ1) is 13.4. The standard InChI is InChI=1S/C20H33N5O2S.HI/c1-5-21-19(22-13-15-14-28-18(23-15)20(2,3)4)25-10-8-24(9-11-25)17(26)16-7-6-12-27-16;/h14,16H,5-13H2,1-4H3,(H,21,22);1H. The Morgan fingerprint density at radius 2 is 2.00 bits per heavy atom. The van der Waals surface area contributed by atoms with Gasteiger partial charge in [0, 0.05) is 50.1 Å². The SMILES string of the molecule is CCNC(=NCc1csc(C(C)(C)C)n1)N1CCN(C(=O)C2CCCO2)CC1.I. The van der Waals surface area contributed by atoms with E-state index in [2.05, 4.69) is 43.3 Å². The fourth-order valence-corrected chi connectivity index (χ4v) is 4.32. The maximum Gasteiger partial charge on any atom is 0.251 e. The minimum absolute atomic E-state index is 0. The van der Waals surface area contributed by atoms with Crippen LogP contribution < -0.4 is 5.32 Å². The first-order valence-electron chi connectivity index (χ1n) is 10.3. The van der Waals surface area contributed by atoms with Gasteiger partial charge in [-0.2, -0.15) is 0 Å². The van der Waals surface area contributed by atoms with Crippen LogP contribution in [0.25, 0.3) is 0 Å². The number of rotatable bonds is 4. The third kappa shape index (κ3) is 6.52. The van der Waals surface area contributed by atoms with Crippen molar-refractivity contribution in [3.63, 3.8) is 0 Å². The minimum atomic E-state index is -0.227. The molecule has 164 valence electrons. The number of guanidine groups is 1. The number of ether oxygens (including phenoxy) is 1. The molecule has 9 heteroatoms. The summed E-state index contributed by atoms with van der Waals surface area (Å²) in [6, 6.07) is 0. The number of thiazole rings is 1. The van der Waals surface area contributed by atoms with E-state index in [1.165, 1.54) is 0 Å². The highest BCUT2D eigenvalue weighted by Crippen LogP contribution is 2.25. The lowest BCUT2D eigenvalue weighted by Gasteiger charge is -2.37. The fourth-order valence-electron chi connectivity index (χ4n) is 3.42. The zero-order chi connectivity index (χ0) is 20.1. The van der Waals surface area contributed by atoms with E-state index in [0.717, 1.165) is 49.1 Å². The second-order valence-corrected chi connectivity index (χ2v) is 9.24. The second kappa shape index (κ2) is 10.9. The molecule has 0 aromatic carbocycles. The first-order valence-corrected chi connectivity index (χ1v) is 11.1. The van der Waals surface area contributed by atoms with Crippen LogP contribution in [0.1, 0.15) is 51.2 Å². The van der Waals surface area contributed by atoms with Gasteiger partial charge in [-0.25, -0.2) is 9.98 Å². The molecule has 2 aliphatic heterocycles. The smallest absolute Gasteiger partial charge is 0.251 e. The number of nitrogens with zero attached hydrogens (tertiary/aromatic N) is 4. The summed E-state index contributed by atoms with van der Waals surface area (Å²) < 4.78 is 5.55. The van der Waals surface area contributed by atoms with Gasteiger partial charge in [0.05, 0.1) is 17.2 Å². The van der Waals surface area contributed by atoms with Gasteiger partial charge in [0.1, 0.15) is 6.10 Å². The summed E-state index contributed by atoms with van der Waals surface area (Å²) in [4.78, 5) is 26.2. The molecule has 0 bridgehead atoms. The van der Waals surface area contributed by atoms with Crippen molar-refractivity contribution in [2.24, 2.45) is 4.99 Å². The number of amides is 1. The lowest BCUT2D eigenvalue weighted by atomic mass is 9.98. The van der Waals surface area contributed by atoms with Gasteiger partial charge < -0.3 is 19.9 Å². The Bertz CT molecular complexity index is 689. The molecule has 1 unspecified atom stereocenters. The van der Waals surface area contributed by atoms with Gasteiger partial charge in [0.2, 0.25) is 0 Å². The van der Waals surface area contributed by atoms with E-state index in [0.29, 0.717) is 26.2 Å². The maximum atomic E-state index is 12.5. The van der Waals surface area contributed by atoms with E-state index in [4.69, 9.17) is 14.7 Å². The Kier molecular flexibility index (Phi) is 9.15. The predicted molar refractivity (Wildman–Crippen MR) is 128 cm³/mol. The topological polar surface area (TPSA) is 70.1 Å². The van der Waals surface area contributed by atoms with Crippen LogP contribution in [0.5, 0.6) is 0 Å². The van der Waals surface area contributed by atoms with Crippen LogP contribution in [0.2, 0.25) is 0 Å². The highest BCUT2D eigenvalue weighted by molar-refractivity contribution is 14.0. The molecule has 2 fully saturated rings. The zero-order valence-corrected chi connectivity index (χ0v) is 21.1. The van der Waals surface area contributed by atoms with Crippen molar-refractivity contribution in [1.29, 1.82) is 0 Å². The lowest BCUT2D eigenvalue weighted by molar-refractivity contribution is -0.142. The molecule has 1 N–H and O–H groups in total. The molecule has 0 saturated carbocycles. The zero-order valence-electron chi connectivity index (χ0n) is 17.9. The van der Waals surface area contributed by atoms with Crippen molar-refractivity contribution in [2.75, 3.05) is 39.3 Å². The number of halogens is 1. The molecule has 29 heavy (non-hydrogen) atoms. The summed E-state index contributed by atoms with van der Waals surface area (Å²) >= 11 is 1.70. The Morgan fingerprint density at radius 3 is 2.55 bits per heavy atom. The third-order valence-corrected chi connectivity index (χ3v) is 6.33. The van der Waals surface area contributed by atoms with Crippen molar-refractivity contribution in [2.45, 2.75) is 58.6 Å². The van der Waals surface area contributed by atoms with Crippen LogP contribution >= 0.6 is 35.3 Å². The molecule has 1 atom stereocenters. The largest absolute Gasteiger partial charge is 0.368 e. The van der Waals surface area contributed by atoms with Gasteiger partial charge in [0.15, 0.2) is 5.96 Å². The second-order valence-electron chi connectivity index (χ2n) is 8.38. The number of hydrogen-bond donors (Lipinski definition) is 1. The highest BCUT2D eigenvalue weighted by Gasteiger charge is 2.31. The summed E-state index contributed by atoms with van der Waals surface area (Å²) in [5, 5.41) is 6.63. The van der Waals surface area contributed by atoms with Crippen LogP contribution in [0.4, 0.5) is 0 Å². The molecular weight excluding hydrogens is 501 g/mol. The summed E-state index contributed by atoms with van der Waals surface area (Å²) in [5.74, 6) is 1.05. The van der Waals surface area contributed by atoms with Gasteiger partial charge in [0.25, 0.3) is 5.91 Å². The molecule has 3 heterocycles. The molecule has 0 radical (unpaired) electrons. The van der Waals surface area contributed by atoms with Crippen LogP contribution in [0.3, 0.4) is 0 Å². The first kappa shape index (κ1) is 24.3. The molecule has 7 nitrogen and oxygen atoms in total. The average Bonchev–Trinajstić information content (AvgIpc) is 3.36. The number of aliphatic imine (C=N–C) groups is 1. The quantitative estimate of drug-likeness (QED) is 0.365. The van der Waals surface area contributed by atoms with Crippen LogP contribution in [0.15, 0.2) is 10.4 Å². The Labute approximate surface area is 195 Å². The molecule has 1 aromatic rings. The van der Waals surface area contributed by atoms with Gasteiger partial charge in [-0.1, -0.05) is 20.8 Å².